The Kier molecular flexibility index (Phi) is 3.04. The van der Waals surface area contributed by atoms with Crippen molar-refractivity contribution in [2.24, 2.45) is 0 Å². The molecule has 0 radical (unpaired) electrons. The van der Waals surface area contributed by atoms with E-state index in [0.717, 1.165) is 29.4 Å². The molecule has 3 heteroatoms. The number of nitrogens with one attached hydrogen (secondary N) is 1. The zero-order valence-corrected chi connectivity index (χ0v) is 12.3. The van der Waals surface area contributed by atoms with Gasteiger partial charge in [-0.3, -0.25) is 4.98 Å². The number of nitrogens with zero attached hydrogens (tertiary/aromatic N) is 1. The van der Waals surface area contributed by atoms with E-state index < -0.39 is 0 Å². The zero-order chi connectivity index (χ0) is 14.2. The van der Waals surface area contributed by atoms with E-state index in [1.807, 2.05) is 12.1 Å². The SMILES string of the molecule is Clc1ccc(NC2Cc3ccccc3C2)c2cccnc12. The van der Waals surface area contributed by atoms with Gasteiger partial charge in [0, 0.05) is 23.3 Å². The maximum absolute atomic E-state index is 6.23. The number of hydrogen-bond acceptors (Lipinski definition) is 2. The van der Waals surface area contributed by atoms with Crippen molar-refractivity contribution in [3.63, 3.8) is 0 Å². The predicted molar refractivity (Wildman–Crippen MR) is 88.0 cm³/mol. The third-order valence-electron chi connectivity index (χ3n) is 4.13. The molecular weight excluding hydrogens is 280 g/mol. The Morgan fingerprint density at radius 2 is 1.71 bits per heavy atom. The number of fused-ring (bicyclic) bond motifs is 2. The maximum Gasteiger partial charge on any atom is 0.0908 e. The fourth-order valence-corrected chi connectivity index (χ4v) is 3.36. The minimum absolute atomic E-state index is 0.437. The minimum atomic E-state index is 0.437. The van der Waals surface area contributed by atoms with Gasteiger partial charge in [0.1, 0.15) is 0 Å². The van der Waals surface area contributed by atoms with Gasteiger partial charge in [-0.05, 0) is 48.2 Å². The maximum atomic E-state index is 6.23. The second-order valence-corrected chi connectivity index (χ2v) is 5.92. The van der Waals surface area contributed by atoms with Crippen LogP contribution in [-0.2, 0) is 12.8 Å². The van der Waals surface area contributed by atoms with Crippen molar-refractivity contribution in [2.45, 2.75) is 18.9 Å². The van der Waals surface area contributed by atoms with Crippen molar-refractivity contribution in [2.75, 3.05) is 5.32 Å². The Balaban J connectivity index is 1.66. The normalized spacial score (nSPS) is 14.3. The van der Waals surface area contributed by atoms with E-state index in [1.54, 1.807) is 6.20 Å². The lowest BCUT2D eigenvalue weighted by Gasteiger charge is -2.16. The molecule has 0 bridgehead atoms. The van der Waals surface area contributed by atoms with Gasteiger partial charge in [0.05, 0.1) is 10.5 Å². The first-order valence-corrected chi connectivity index (χ1v) is 7.55. The topological polar surface area (TPSA) is 24.9 Å². The molecule has 0 unspecified atom stereocenters. The molecule has 0 spiro atoms. The molecule has 104 valence electrons. The molecule has 0 amide bonds. The van der Waals surface area contributed by atoms with Crippen LogP contribution in [-0.4, -0.2) is 11.0 Å². The first-order chi connectivity index (χ1) is 10.3. The summed E-state index contributed by atoms with van der Waals surface area (Å²) in [6.45, 7) is 0. The molecule has 0 saturated carbocycles. The molecule has 0 fully saturated rings. The molecule has 1 N–H and O–H groups in total. The minimum Gasteiger partial charge on any atom is -0.381 e. The summed E-state index contributed by atoms with van der Waals surface area (Å²) in [7, 11) is 0. The van der Waals surface area contributed by atoms with Gasteiger partial charge >= 0.3 is 0 Å². The van der Waals surface area contributed by atoms with Crippen LogP contribution in [0.3, 0.4) is 0 Å². The fraction of sp³-hybridized carbons (Fsp3) is 0.167. The van der Waals surface area contributed by atoms with Gasteiger partial charge in [-0.1, -0.05) is 35.9 Å². The first-order valence-electron chi connectivity index (χ1n) is 7.18. The van der Waals surface area contributed by atoms with Gasteiger partial charge in [0.2, 0.25) is 0 Å². The largest absolute Gasteiger partial charge is 0.381 e. The lowest BCUT2D eigenvalue weighted by atomic mass is 10.1. The van der Waals surface area contributed by atoms with E-state index in [-0.39, 0.29) is 0 Å². The van der Waals surface area contributed by atoms with Crippen molar-refractivity contribution in [3.8, 4) is 0 Å². The molecular formula is C18H15ClN2. The van der Waals surface area contributed by atoms with Gasteiger partial charge in [0.25, 0.3) is 0 Å². The summed E-state index contributed by atoms with van der Waals surface area (Å²) in [5.41, 5.74) is 4.87. The Bertz CT molecular complexity index is 788. The number of aromatic nitrogens is 1. The molecule has 4 rings (SSSR count). The first kappa shape index (κ1) is 12.7. The quantitative estimate of drug-likeness (QED) is 0.754. The third-order valence-corrected chi connectivity index (χ3v) is 4.44. The van der Waals surface area contributed by atoms with E-state index in [4.69, 9.17) is 11.6 Å². The fourth-order valence-electron chi connectivity index (χ4n) is 3.14. The van der Waals surface area contributed by atoms with Crippen molar-refractivity contribution < 1.29 is 0 Å². The lowest BCUT2D eigenvalue weighted by Crippen LogP contribution is -2.19. The molecule has 2 aromatic carbocycles. The molecule has 2 nitrogen and oxygen atoms in total. The highest BCUT2D eigenvalue weighted by molar-refractivity contribution is 6.35. The summed E-state index contributed by atoms with van der Waals surface area (Å²) in [5.74, 6) is 0. The van der Waals surface area contributed by atoms with Gasteiger partial charge < -0.3 is 5.32 Å². The van der Waals surface area contributed by atoms with E-state index >= 15 is 0 Å². The highest BCUT2D eigenvalue weighted by atomic mass is 35.5. The second kappa shape index (κ2) is 5.05. The number of rotatable bonds is 2. The summed E-state index contributed by atoms with van der Waals surface area (Å²) in [6.07, 6.45) is 3.92. The number of halogens is 1. The van der Waals surface area contributed by atoms with Crippen LogP contribution in [0.5, 0.6) is 0 Å². The Morgan fingerprint density at radius 1 is 0.952 bits per heavy atom. The van der Waals surface area contributed by atoms with E-state index in [9.17, 15) is 0 Å². The molecule has 1 heterocycles. The van der Waals surface area contributed by atoms with Crippen LogP contribution in [0, 0.1) is 0 Å². The van der Waals surface area contributed by atoms with Crippen LogP contribution >= 0.6 is 11.6 Å². The van der Waals surface area contributed by atoms with Crippen LogP contribution in [0.4, 0.5) is 5.69 Å². The number of benzene rings is 2. The highest BCUT2D eigenvalue weighted by Gasteiger charge is 2.21. The monoisotopic (exact) mass is 294 g/mol. The van der Waals surface area contributed by atoms with Gasteiger partial charge in [-0.2, -0.15) is 0 Å². The summed E-state index contributed by atoms with van der Waals surface area (Å²) in [4.78, 5) is 4.38. The number of pyridine rings is 1. The molecule has 1 aromatic heterocycles. The van der Waals surface area contributed by atoms with Crippen molar-refractivity contribution in [1.29, 1.82) is 0 Å². The van der Waals surface area contributed by atoms with Crippen LogP contribution in [0.1, 0.15) is 11.1 Å². The van der Waals surface area contributed by atoms with Crippen LogP contribution < -0.4 is 5.32 Å². The molecule has 1 aliphatic carbocycles. The van der Waals surface area contributed by atoms with E-state index in [2.05, 4.69) is 46.7 Å². The van der Waals surface area contributed by atoms with E-state index in [0.29, 0.717) is 11.1 Å². The van der Waals surface area contributed by atoms with Crippen LogP contribution in [0.15, 0.2) is 54.7 Å². The standard InChI is InChI=1S/C18H15ClN2/c19-16-7-8-17(15-6-3-9-20-18(15)16)21-14-10-12-4-1-2-5-13(12)11-14/h1-9,14,21H,10-11H2. The average molecular weight is 295 g/mol. The predicted octanol–water partition coefficient (Wildman–Crippen LogP) is 4.47. The van der Waals surface area contributed by atoms with Crippen LogP contribution in [0.2, 0.25) is 5.02 Å². The summed E-state index contributed by atoms with van der Waals surface area (Å²) >= 11 is 6.23. The Hall–Kier alpha value is -2.06. The molecule has 1 aliphatic rings. The van der Waals surface area contributed by atoms with Gasteiger partial charge in [0.15, 0.2) is 0 Å². The lowest BCUT2D eigenvalue weighted by molar-refractivity contribution is 0.775. The second-order valence-electron chi connectivity index (χ2n) is 5.51. The molecule has 0 atom stereocenters. The molecule has 0 saturated heterocycles. The van der Waals surface area contributed by atoms with Crippen molar-refractivity contribution >= 4 is 28.2 Å². The summed E-state index contributed by atoms with van der Waals surface area (Å²) in [5, 5.41) is 5.44. The van der Waals surface area contributed by atoms with Gasteiger partial charge in [-0.25, -0.2) is 0 Å². The molecule has 3 aromatic rings. The summed E-state index contributed by atoms with van der Waals surface area (Å²) < 4.78 is 0. The van der Waals surface area contributed by atoms with Gasteiger partial charge in [-0.15, -0.1) is 0 Å². The highest BCUT2D eigenvalue weighted by Crippen LogP contribution is 2.31. The van der Waals surface area contributed by atoms with Crippen molar-refractivity contribution in [3.05, 3.63) is 70.9 Å². The Labute approximate surface area is 128 Å². The number of hydrogen-bond donors (Lipinski definition) is 1. The zero-order valence-electron chi connectivity index (χ0n) is 11.5. The molecule has 21 heavy (non-hydrogen) atoms. The molecule has 0 aliphatic heterocycles. The Morgan fingerprint density at radius 3 is 2.48 bits per heavy atom. The van der Waals surface area contributed by atoms with Crippen molar-refractivity contribution in [1.82, 2.24) is 4.98 Å². The van der Waals surface area contributed by atoms with Crippen LogP contribution in [0.25, 0.3) is 10.9 Å². The average Bonchev–Trinajstić information content (AvgIpc) is 2.93. The smallest absolute Gasteiger partial charge is 0.0908 e. The van der Waals surface area contributed by atoms with E-state index in [1.165, 1.54) is 11.1 Å². The number of anilines is 1. The third kappa shape index (κ3) is 2.26. The summed E-state index contributed by atoms with van der Waals surface area (Å²) in [6, 6.07) is 17.1.